The summed E-state index contributed by atoms with van der Waals surface area (Å²) >= 11 is 1.56. The van der Waals surface area contributed by atoms with Gasteiger partial charge < -0.3 is 9.72 Å². The van der Waals surface area contributed by atoms with Crippen LogP contribution in [0.3, 0.4) is 0 Å². The molecule has 26 heavy (non-hydrogen) atoms. The van der Waals surface area contributed by atoms with Crippen molar-refractivity contribution in [1.29, 1.82) is 0 Å². The van der Waals surface area contributed by atoms with Crippen LogP contribution in [0.4, 0.5) is 0 Å². The van der Waals surface area contributed by atoms with E-state index in [9.17, 15) is 4.79 Å². The van der Waals surface area contributed by atoms with Crippen LogP contribution in [-0.2, 0) is 11.2 Å². The lowest BCUT2D eigenvalue weighted by atomic mass is 9.74. The molecule has 1 heterocycles. The number of aromatic amines is 1. The first-order valence-corrected chi connectivity index (χ1v) is 10.7. The fraction of sp³-hybridized carbons (Fsp3) is 0.524. The molecule has 1 unspecified atom stereocenters. The van der Waals surface area contributed by atoms with Crippen LogP contribution in [-0.4, -0.2) is 28.9 Å². The maximum Gasteiger partial charge on any atom is 0.255 e. The summed E-state index contributed by atoms with van der Waals surface area (Å²) in [5, 5.41) is 0.704. The Labute approximate surface area is 158 Å². The summed E-state index contributed by atoms with van der Waals surface area (Å²) in [6, 6.07) is 8.45. The second-order valence-electron chi connectivity index (χ2n) is 7.19. The molecule has 1 aromatic heterocycles. The van der Waals surface area contributed by atoms with Gasteiger partial charge in [-0.1, -0.05) is 48.9 Å². The molecule has 0 bridgehead atoms. The summed E-state index contributed by atoms with van der Waals surface area (Å²) in [5.74, 6) is 1.71. The van der Waals surface area contributed by atoms with Gasteiger partial charge in [0.2, 0.25) is 0 Å². The molecular formula is C21H26N2O2S. The predicted octanol–water partition coefficient (Wildman–Crippen LogP) is 4.40. The van der Waals surface area contributed by atoms with Crippen LogP contribution in [0.1, 0.15) is 49.7 Å². The van der Waals surface area contributed by atoms with Gasteiger partial charge in [-0.25, -0.2) is 4.98 Å². The molecule has 0 spiro atoms. The maximum atomic E-state index is 13.0. The Kier molecular flexibility index (Phi) is 5.46. The van der Waals surface area contributed by atoms with Crippen LogP contribution in [0.15, 0.2) is 34.2 Å². The fourth-order valence-electron chi connectivity index (χ4n) is 4.45. The number of hydrogen-bond acceptors (Lipinski definition) is 4. The molecule has 5 heteroatoms. The van der Waals surface area contributed by atoms with Gasteiger partial charge in [-0.05, 0) is 43.6 Å². The lowest BCUT2D eigenvalue weighted by Gasteiger charge is -2.30. The molecule has 1 N–H and O–H groups in total. The highest BCUT2D eigenvalue weighted by Gasteiger charge is 2.35. The van der Waals surface area contributed by atoms with E-state index in [0.717, 1.165) is 29.0 Å². The zero-order valence-corrected chi connectivity index (χ0v) is 16.1. The number of nitrogens with zero attached hydrogens (tertiary/aromatic N) is 1. The van der Waals surface area contributed by atoms with Gasteiger partial charge in [-0.3, -0.25) is 4.79 Å². The van der Waals surface area contributed by atoms with E-state index in [1.165, 1.54) is 31.2 Å². The molecule has 0 radical (unpaired) electrons. The van der Waals surface area contributed by atoms with Crippen molar-refractivity contribution in [2.45, 2.75) is 50.1 Å². The van der Waals surface area contributed by atoms with Crippen molar-refractivity contribution in [3.63, 3.8) is 0 Å². The third-order valence-electron chi connectivity index (χ3n) is 5.66. The lowest BCUT2D eigenvalue weighted by molar-refractivity contribution is 0.164. The molecule has 138 valence electrons. The minimum atomic E-state index is 0.0558. The first kappa shape index (κ1) is 17.8. The smallest absolute Gasteiger partial charge is 0.255 e. The SMILES string of the molecule is CCOCCSc1nc2c(c(=O)[nH]1)C(C1CCCC1)Cc1ccccc1-2. The predicted molar refractivity (Wildman–Crippen MR) is 106 cm³/mol. The minimum absolute atomic E-state index is 0.0558. The Balaban J connectivity index is 1.72. The molecule has 0 aliphatic heterocycles. The largest absolute Gasteiger partial charge is 0.381 e. The average Bonchev–Trinajstić information content (AvgIpc) is 3.19. The summed E-state index contributed by atoms with van der Waals surface area (Å²) < 4.78 is 5.40. The highest BCUT2D eigenvalue weighted by atomic mass is 32.2. The zero-order valence-electron chi connectivity index (χ0n) is 15.3. The van der Waals surface area contributed by atoms with Crippen LogP contribution in [0.2, 0.25) is 0 Å². The van der Waals surface area contributed by atoms with Crippen molar-refractivity contribution in [3.8, 4) is 11.3 Å². The number of H-pyrrole nitrogens is 1. The third-order valence-corrected chi connectivity index (χ3v) is 6.49. The van der Waals surface area contributed by atoms with Gasteiger partial charge in [0, 0.05) is 23.5 Å². The molecule has 2 aliphatic carbocycles. The van der Waals surface area contributed by atoms with Gasteiger partial charge in [0.05, 0.1) is 12.3 Å². The minimum Gasteiger partial charge on any atom is -0.381 e. The van der Waals surface area contributed by atoms with Crippen LogP contribution in [0.25, 0.3) is 11.3 Å². The number of hydrogen-bond donors (Lipinski definition) is 1. The molecule has 1 fully saturated rings. The fourth-order valence-corrected chi connectivity index (χ4v) is 5.17. The molecule has 1 atom stereocenters. The zero-order chi connectivity index (χ0) is 17.9. The van der Waals surface area contributed by atoms with Gasteiger partial charge in [0.15, 0.2) is 5.16 Å². The van der Waals surface area contributed by atoms with Gasteiger partial charge in [-0.15, -0.1) is 0 Å². The number of nitrogens with one attached hydrogen (secondary N) is 1. The molecule has 0 amide bonds. The molecule has 4 nitrogen and oxygen atoms in total. The normalized spacial score (nSPS) is 19.3. The van der Waals surface area contributed by atoms with Gasteiger partial charge >= 0.3 is 0 Å². The van der Waals surface area contributed by atoms with E-state index in [1.54, 1.807) is 11.8 Å². The molecule has 2 aromatic rings. The Morgan fingerprint density at radius 3 is 2.88 bits per heavy atom. The Bertz CT molecular complexity index is 827. The van der Waals surface area contributed by atoms with Crippen LogP contribution >= 0.6 is 11.8 Å². The summed E-state index contributed by atoms with van der Waals surface area (Å²) in [6.07, 6.45) is 6.01. The van der Waals surface area contributed by atoms with Crippen molar-refractivity contribution in [2.24, 2.45) is 5.92 Å². The molecule has 2 aliphatic rings. The van der Waals surface area contributed by atoms with Crippen molar-refractivity contribution in [1.82, 2.24) is 9.97 Å². The summed E-state index contributed by atoms with van der Waals surface area (Å²) in [7, 11) is 0. The molecular weight excluding hydrogens is 344 g/mol. The van der Waals surface area contributed by atoms with Gasteiger partial charge in [-0.2, -0.15) is 0 Å². The number of benzene rings is 1. The molecule has 1 saturated carbocycles. The first-order chi connectivity index (χ1) is 12.8. The van der Waals surface area contributed by atoms with Crippen molar-refractivity contribution in [2.75, 3.05) is 19.0 Å². The number of ether oxygens (including phenoxy) is 1. The number of thioether (sulfide) groups is 1. The van der Waals surface area contributed by atoms with Crippen molar-refractivity contribution >= 4 is 11.8 Å². The van der Waals surface area contributed by atoms with Gasteiger partial charge in [0.1, 0.15) is 0 Å². The Morgan fingerprint density at radius 2 is 2.08 bits per heavy atom. The van der Waals surface area contributed by atoms with E-state index in [-0.39, 0.29) is 5.56 Å². The van der Waals surface area contributed by atoms with E-state index in [0.29, 0.717) is 30.2 Å². The second kappa shape index (κ2) is 7.97. The monoisotopic (exact) mass is 370 g/mol. The van der Waals surface area contributed by atoms with E-state index >= 15 is 0 Å². The summed E-state index contributed by atoms with van der Waals surface area (Å²) in [6.45, 7) is 3.37. The van der Waals surface area contributed by atoms with Gasteiger partial charge in [0.25, 0.3) is 5.56 Å². The topological polar surface area (TPSA) is 55.0 Å². The number of rotatable bonds is 6. The first-order valence-electron chi connectivity index (χ1n) is 9.71. The molecule has 1 aromatic carbocycles. The quantitative estimate of drug-likeness (QED) is 0.465. The molecule has 0 saturated heterocycles. The van der Waals surface area contributed by atoms with E-state index in [1.807, 2.05) is 13.0 Å². The Morgan fingerprint density at radius 1 is 1.27 bits per heavy atom. The number of aromatic nitrogens is 2. The second-order valence-corrected chi connectivity index (χ2v) is 8.27. The van der Waals surface area contributed by atoms with E-state index < -0.39 is 0 Å². The van der Waals surface area contributed by atoms with Crippen LogP contribution in [0.5, 0.6) is 0 Å². The summed E-state index contributed by atoms with van der Waals surface area (Å²) in [4.78, 5) is 20.9. The highest BCUT2D eigenvalue weighted by molar-refractivity contribution is 7.99. The van der Waals surface area contributed by atoms with Crippen molar-refractivity contribution < 1.29 is 4.74 Å². The molecule has 4 rings (SSSR count). The van der Waals surface area contributed by atoms with Crippen molar-refractivity contribution in [3.05, 3.63) is 45.7 Å². The highest BCUT2D eigenvalue weighted by Crippen LogP contribution is 2.45. The number of fused-ring (bicyclic) bond motifs is 3. The summed E-state index contributed by atoms with van der Waals surface area (Å²) in [5.41, 5.74) is 4.35. The van der Waals surface area contributed by atoms with Crippen LogP contribution in [0, 0.1) is 5.92 Å². The van der Waals surface area contributed by atoms with E-state index in [2.05, 4.69) is 23.2 Å². The standard InChI is InChI=1S/C21H26N2O2S/c1-2-25-11-12-26-21-22-19-16-10-6-5-9-15(16)13-17(14-7-3-4-8-14)18(19)20(24)23-21/h5-6,9-10,14,17H,2-4,7-8,11-13H2,1H3,(H,22,23,24). The average molecular weight is 371 g/mol. The lowest BCUT2D eigenvalue weighted by Crippen LogP contribution is -2.28. The van der Waals surface area contributed by atoms with Crippen LogP contribution < -0.4 is 5.56 Å². The third kappa shape index (κ3) is 3.47. The maximum absolute atomic E-state index is 13.0. The van der Waals surface area contributed by atoms with E-state index in [4.69, 9.17) is 9.72 Å². The Hall–Kier alpha value is -1.59.